The molecule has 9 nitrogen and oxygen atoms in total. The first-order valence-electron chi connectivity index (χ1n) is 13.5. The molecule has 1 amide bonds. The van der Waals surface area contributed by atoms with Gasteiger partial charge < -0.3 is 19.6 Å². The highest BCUT2D eigenvalue weighted by molar-refractivity contribution is 6.11. The number of hydrogen-bond donors (Lipinski definition) is 2. The predicted octanol–water partition coefficient (Wildman–Crippen LogP) is 6.88. The Kier molecular flexibility index (Phi) is 7.98. The molecular formula is C31H27F4N5O4. The summed E-state index contributed by atoms with van der Waals surface area (Å²) in [4.78, 5) is 35.0. The van der Waals surface area contributed by atoms with Crippen LogP contribution in [0.1, 0.15) is 52.7 Å². The number of alkyl halides is 3. The number of benzene rings is 2. The summed E-state index contributed by atoms with van der Waals surface area (Å²) in [5, 5.41) is 8.85. The minimum Gasteiger partial charge on any atom is -0.437 e. The maximum atomic E-state index is 13.6. The van der Waals surface area contributed by atoms with E-state index in [2.05, 4.69) is 25.8 Å². The van der Waals surface area contributed by atoms with Crippen molar-refractivity contribution in [2.24, 2.45) is 0 Å². The van der Waals surface area contributed by atoms with Gasteiger partial charge in [-0.2, -0.15) is 23.1 Å². The number of halogens is 4. The third-order valence-corrected chi connectivity index (χ3v) is 6.90. The fraction of sp³-hybridized carbons (Fsp3) is 0.258. The van der Waals surface area contributed by atoms with Crippen molar-refractivity contribution < 1.29 is 36.1 Å². The monoisotopic (exact) mass is 609 g/mol. The van der Waals surface area contributed by atoms with E-state index >= 15 is 0 Å². The number of anilines is 1. The number of ketones is 1. The Morgan fingerprint density at radius 2 is 1.70 bits per heavy atom. The molecule has 0 saturated carbocycles. The SMILES string of the molecule is CNC(=O)c1c(-c2ccc(F)cc2)oc2nc(NCC(F)(F)F)c(-c3cccc(C(=O)CC(C)(C)c4nc(C)no4)c3)cc12. The highest BCUT2D eigenvalue weighted by Gasteiger charge is 2.32. The van der Waals surface area contributed by atoms with E-state index in [0.29, 0.717) is 28.4 Å². The maximum Gasteiger partial charge on any atom is 0.405 e. The summed E-state index contributed by atoms with van der Waals surface area (Å²) < 4.78 is 64.6. The molecule has 0 atom stereocenters. The van der Waals surface area contributed by atoms with E-state index in [0.717, 1.165) is 0 Å². The summed E-state index contributed by atoms with van der Waals surface area (Å²) >= 11 is 0. The first-order chi connectivity index (χ1) is 20.8. The number of aromatic nitrogens is 3. The number of aryl methyl sites for hydroxylation is 1. The van der Waals surface area contributed by atoms with E-state index < -0.39 is 29.9 Å². The second kappa shape index (κ2) is 11.5. The number of pyridine rings is 1. The number of nitrogens with zero attached hydrogens (tertiary/aromatic N) is 3. The van der Waals surface area contributed by atoms with Crippen molar-refractivity contribution in [2.45, 2.75) is 38.8 Å². The normalized spacial score (nSPS) is 12.0. The Morgan fingerprint density at radius 3 is 2.34 bits per heavy atom. The number of carbonyl (C=O) groups excluding carboxylic acids is 2. The third-order valence-electron chi connectivity index (χ3n) is 6.90. The van der Waals surface area contributed by atoms with Crippen LogP contribution in [0.4, 0.5) is 23.4 Å². The number of Topliss-reactive ketones (excluding diaryl/α,β-unsaturated/α-hetero) is 1. The van der Waals surface area contributed by atoms with Crippen LogP contribution in [0.25, 0.3) is 33.6 Å². The highest BCUT2D eigenvalue weighted by atomic mass is 19.4. The molecule has 2 N–H and O–H groups in total. The van der Waals surface area contributed by atoms with Crippen molar-refractivity contribution in [1.29, 1.82) is 0 Å². The summed E-state index contributed by atoms with van der Waals surface area (Å²) in [7, 11) is 1.41. The molecular weight excluding hydrogens is 582 g/mol. The minimum atomic E-state index is -4.57. The summed E-state index contributed by atoms with van der Waals surface area (Å²) in [5.41, 5.74) is 0.382. The molecule has 0 unspecified atom stereocenters. The van der Waals surface area contributed by atoms with Crippen molar-refractivity contribution in [2.75, 3.05) is 18.9 Å². The number of carbonyl (C=O) groups is 2. The fourth-order valence-electron chi connectivity index (χ4n) is 4.73. The van der Waals surface area contributed by atoms with Crippen LogP contribution in [0.2, 0.25) is 0 Å². The number of amides is 1. The number of hydrogen-bond acceptors (Lipinski definition) is 8. The van der Waals surface area contributed by atoms with Crippen molar-refractivity contribution in [3.8, 4) is 22.5 Å². The van der Waals surface area contributed by atoms with E-state index in [4.69, 9.17) is 8.94 Å². The second-order valence-corrected chi connectivity index (χ2v) is 10.8. The molecule has 5 rings (SSSR count). The second-order valence-electron chi connectivity index (χ2n) is 10.8. The third kappa shape index (κ3) is 6.31. The van der Waals surface area contributed by atoms with Gasteiger partial charge in [-0.25, -0.2) is 4.39 Å². The fourth-order valence-corrected chi connectivity index (χ4v) is 4.73. The predicted molar refractivity (Wildman–Crippen MR) is 154 cm³/mol. The lowest BCUT2D eigenvalue weighted by atomic mass is 9.85. The molecule has 3 heterocycles. The lowest BCUT2D eigenvalue weighted by Crippen LogP contribution is -2.22. The molecule has 0 aliphatic rings. The summed E-state index contributed by atoms with van der Waals surface area (Å²) in [6, 6.07) is 13.0. The van der Waals surface area contributed by atoms with Crippen LogP contribution in [0, 0.1) is 12.7 Å². The Morgan fingerprint density at radius 1 is 0.977 bits per heavy atom. The molecule has 0 fully saturated rings. The van der Waals surface area contributed by atoms with E-state index in [1.165, 1.54) is 37.4 Å². The van der Waals surface area contributed by atoms with Crippen LogP contribution in [0.15, 0.2) is 63.5 Å². The number of nitrogens with one attached hydrogen (secondary N) is 2. The van der Waals surface area contributed by atoms with Crippen LogP contribution in [0.5, 0.6) is 0 Å². The van der Waals surface area contributed by atoms with Crippen LogP contribution in [-0.4, -0.2) is 46.6 Å². The smallest absolute Gasteiger partial charge is 0.405 e. The van der Waals surface area contributed by atoms with Crippen molar-refractivity contribution in [3.63, 3.8) is 0 Å². The quantitative estimate of drug-likeness (QED) is 0.137. The maximum absolute atomic E-state index is 13.6. The highest BCUT2D eigenvalue weighted by Crippen LogP contribution is 2.39. The summed E-state index contributed by atoms with van der Waals surface area (Å²) in [5.74, 6) is -0.699. The molecule has 2 aromatic carbocycles. The van der Waals surface area contributed by atoms with Gasteiger partial charge in [-0.05, 0) is 48.9 Å². The topological polar surface area (TPSA) is 123 Å². The molecule has 0 spiro atoms. The van der Waals surface area contributed by atoms with Crippen LogP contribution < -0.4 is 10.6 Å². The zero-order valence-electron chi connectivity index (χ0n) is 24.1. The standard InChI is InChI=1S/C31H27F4N5O4/c1-16-38-29(44-40-16)30(2,3)14-23(41)19-7-5-6-18(12-19)21-13-22-24(27(42)36-4)25(17-8-10-20(32)11-9-17)43-28(22)39-26(21)37-15-31(33,34)35/h5-13H,14-15H2,1-4H3,(H,36,42)(H,37,39). The number of furan rings is 1. The molecule has 0 aliphatic heterocycles. The van der Waals surface area contributed by atoms with E-state index in [1.54, 1.807) is 45.0 Å². The van der Waals surface area contributed by atoms with Crippen LogP contribution in [-0.2, 0) is 5.41 Å². The van der Waals surface area contributed by atoms with Gasteiger partial charge in [0, 0.05) is 30.2 Å². The van der Waals surface area contributed by atoms with Gasteiger partial charge in [0.05, 0.1) is 16.4 Å². The Hall–Kier alpha value is -5.07. The van der Waals surface area contributed by atoms with E-state index in [-0.39, 0.29) is 46.0 Å². The van der Waals surface area contributed by atoms with Gasteiger partial charge in [0.2, 0.25) is 11.6 Å². The van der Waals surface area contributed by atoms with Crippen molar-refractivity contribution in [1.82, 2.24) is 20.4 Å². The Bertz CT molecular complexity index is 1860. The van der Waals surface area contributed by atoms with Crippen molar-refractivity contribution >= 4 is 28.6 Å². The molecule has 0 radical (unpaired) electrons. The number of rotatable bonds is 9. The number of fused-ring (bicyclic) bond motifs is 1. The van der Waals surface area contributed by atoms with E-state index in [1.807, 2.05) is 0 Å². The first kappa shape index (κ1) is 30.4. The molecule has 228 valence electrons. The molecule has 13 heteroatoms. The van der Waals surface area contributed by atoms with Gasteiger partial charge in [-0.3, -0.25) is 9.59 Å². The Labute approximate surface area is 248 Å². The van der Waals surface area contributed by atoms with Gasteiger partial charge in [0.15, 0.2) is 11.6 Å². The molecule has 0 bridgehead atoms. The molecule has 3 aromatic heterocycles. The zero-order valence-corrected chi connectivity index (χ0v) is 24.1. The van der Waals surface area contributed by atoms with E-state index in [9.17, 15) is 27.2 Å². The molecule has 44 heavy (non-hydrogen) atoms. The summed E-state index contributed by atoms with van der Waals surface area (Å²) in [6.45, 7) is 3.85. The summed E-state index contributed by atoms with van der Waals surface area (Å²) in [6.07, 6.45) is -4.56. The molecule has 0 saturated heterocycles. The lowest BCUT2D eigenvalue weighted by Gasteiger charge is -2.19. The van der Waals surface area contributed by atoms with Gasteiger partial charge in [0.1, 0.15) is 23.9 Å². The van der Waals surface area contributed by atoms with Gasteiger partial charge in [0.25, 0.3) is 5.91 Å². The van der Waals surface area contributed by atoms with Gasteiger partial charge in [-0.1, -0.05) is 37.2 Å². The van der Waals surface area contributed by atoms with Gasteiger partial charge in [-0.15, -0.1) is 0 Å². The van der Waals surface area contributed by atoms with Crippen LogP contribution in [0.3, 0.4) is 0 Å². The zero-order chi connectivity index (χ0) is 31.8. The first-order valence-corrected chi connectivity index (χ1v) is 13.5. The largest absolute Gasteiger partial charge is 0.437 e. The lowest BCUT2D eigenvalue weighted by molar-refractivity contribution is -0.115. The average Bonchev–Trinajstić information content (AvgIpc) is 3.59. The van der Waals surface area contributed by atoms with Crippen molar-refractivity contribution in [3.05, 3.63) is 83.3 Å². The minimum absolute atomic E-state index is 0.0120. The van der Waals surface area contributed by atoms with Crippen LogP contribution >= 0.6 is 0 Å². The Balaban J connectivity index is 1.62. The average molecular weight is 610 g/mol. The molecule has 0 aliphatic carbocycles. The molecule has 5 aromatic rings. The van der Waals surface area contributed by atoms with Gasteiger partial charge >= 0.3 is 6.18 Å².